The largest absolute Gasteiger partial charge is 0.464 e. The Morgan fingerprint density at radius 3 is 2.62 bits per heavy atom. The Labute approximate surface area is 165 Å². The van der Waals surface area contributed by atoms with Gasteiger partial charge >= 0.3 is 6.09 Å². The van der Waals surface area contributed by atoms with E-state index in [9.17, 15) is 18.7 Å². The Hall–Kier alpha value is -3.43. The molecule has 1 amide bonds. The van der Waals surface area contributed by atoms with Gasteiger partial charge in [-0.2, -0.15) is 19.7 Å². The molecule has 10 heteroatoms. The van der Waals surface area contributed by atoms with Gasteiger partial charge in [-0.15, -0.1) is 10.2 Å². The fourth-order valence-electron chi connectivity index (χ4n) is 2.77. The number of carboxylic acid groups (broad SMARTS) is 1. The van der Waals surface area contributed by atoms with Crippen LogP contribution in [0.5, 0.6) is 0 Å². The Balaban J connectivity index is 2.07. The average Bonchev–Trinajstić information content (AvgIpc) is 3.08. The van der Waals surface area contributed by atoms with Crippen molar-refractivity contribution in [3.05, 3.63) is 59.0 Å². The van der Waals surface area contributed by atoms with Crippen molar-refractivity contribution in [2.24, 2.45) is 5.10 Å². The molecule has 0 aliphatic rings. The standard InChI is InChI=1S/C19H20F2N6O2/c1-4-26(19(28)29)25-16(14-7-5-12(20)9-15(14)21)10-13-6-8-17-22-23-18(11(2)3)27(17)24-13/h5-9,11H,4,10H2,1-3H3,(H,28,29). The summed E-state index contributed by atoms with van der Waals surface area (Å²) >= 11 is 0. The maximum atomic E-state index is 14.4. The lowest BCUT2D eigenvalue weighted by Crippen LogP contribution is -2.26. The van der Waals surface area contributed by atoms with Crippen molar-refractivity contribution in [2.45, 2.75) is 33.1 Å². The van der Waals surface area contributed by atoms with Crippen LogP contribution in [0.15, 0.2) is 35.4 Å². The molecule has 0 unspecified atom stereocenters. The van der Waals surface area contributed by atoms with Crippen LogP contribution in [-0.4, -0.2) is 48.3 Å². The Morgan fingerprint density at radius 1 is 1.24 bits per heavy atom. The van der Waals surface area contributed by atoms with Crippen molar-refractivity contribution in [3.8, 4) is 0 Å². The molecule has 1 aromatic carbocycles. The number of rotatable bonds is 6. The molecule has 0 aliphatic carbocycles. The monoisotopic (exact) mass is 402 g/mol. The lowest BCUT2D eigenvalue weighted by Gasteiger charge is -2.15. The topological polar surface area (TPSA) is 96.0 Å². The number of amides is 1. The highest BCUT2D eigenvalue weighted by molar-refractivity contribution is 6.02. The molecule has 152 valence electrons. The molecule has 1 N–H and O–H groups in total. The first-order valence-electron chi connectivity index (χ1n) is 9.04. The first-order valence-corrected chi connectivity index (χ1v) is 9.04. The number of benzene rings is 1. The van der Waals surface area contributed by atoms with Crippen LogP contribution in [0, 0.1) is 11.6 Å². The number of fused-ring (bicyclic) bond motifs is 1. The van der Waals surface area contributed by atoms with E-state index in [1.165, 1.54) is 6.07 Å². The quantitative estimate of drug-likeness (QED) is 0.503. The van der Waals surface area contributed by atoms with Crippen LogP contribution in [0.1, 0.15) is 43.8 Å². The maximum Gasteiger partial charge on any atom is 0.427 e. The van der Waals surface area contributed by atoms with Gasteiger partial charge in [-0.1, -0.05) is 13.8 Å². The molecule has 0 radical (unpaired) electrons. The number of carbonyl (C=O) groups is 1. The van der Waals surface area contributed by atoms with Gasteiger partial charge in [-0.3, -0.25) is 0 Å². The summed E-state index contributed by atoms with van der Waals surface area (Å²) in [5.41, 5.74) is 1.17. The molecular formula is C19H20F2N6O2. The van der Waals surface area contributed by atoms with Gasteiger partial charge in [0, 0.05) is 30.5 Å². The lowest BCUT2D eigenvalue weighted by molar-refractivity contribution is 0.149. The molecule has 0 spiro atoms. The van der Waals surface area contributed by atoms with Crippen molar-refractivity contribution in [1.82, 2.24) is 24.8 Å². The Kier molecular flexibility index (Phi) is 5.81. The summed E-state index contributed by atoms with van der Waals surface area (Å²) in [6.07, 6.45) is -1.25. The van der Waals surface area contributed by atoms with E-state index in [-0.39, 0.29) is 30.2 Å². The van der Waals surface area contributed by atoms with Gasteiger partial charge in [0.2, 0.25) is 0 Å². The highest BCUT2D eigenvalue weighted by Crippen LogP contribution is 2.16. The Morgan fingerprint density at radius 2 is 2.00 bits per heavy atom. The van der Waals surface area contributed by atoms with Crippen molar-refractivity contribution in [3.63, 3.8) is 0 Å². The van der Waals surface area contributed by atoms with Crippen LogP contribution in [0.2, 0.25) is 0 Å². The van der Waals surface area contributed by atoms with Gasteiger partial charge in [0.25, 0.3) is 0 Å². The fraction of sp³-hybridized carbons (Fsp3) is 0.316. The van der Waals surface area contributed by atoms with Crippen LogP contribution in [0.4, 0.5) is 13.6 Å². The second kappa shape index (κ2) is 8.29. The predicted octanol–water partition coefficient (Wildman–Crippen LogP) is 3.47. The molecule has 3 rings (SSSR count). The summed E-state index contributed by atoms with van der Waals surface area (Å²) in [6.45, 7) is 5.58. The van der Waals surface area contributed by atoms with E-state index in [1.807, 2.05) is 13.8 Å². The van der Waals surface area contributed by atoms with E-state index in [0.29, 0.717) is 17.2 Å². The van der Waals surface area contributed by atoms with Gasteiger partial charge in [-0.25, -0.2) is 13.6 Å². The summed E-state index contributed by atoms with van der Waals surface area (Å²) in [5, 5.41) is 26.8. The highest BCUT2D eigenvalue weighted by Gasteiger charge is 2.18. The lowest BCUT2D eigenvalue weighted by atomic mass is 10.0. The molecule has 2 heterocycles. The third-order valence-corrected chi connectivity index (χ3v) is 4.21. The van der Waals surface area contributed by atoms with E-state index < -0.39 is 17.7 Å². The van der Waals surface area contributed by atoms with Crippen LogP contribution in [0.3, 0.4) is 0 Å². The second-order valence-corrected chi connectivity index (χ2v) is 6.65. The maximum absolute atomic E-state index is 14.4. The van der Waals surface area contributed by atoms with Gasteiger partial charge in [-0.05, 0) is 31.2 Å². The molecule has 0 aliphatic heterocycles. The molecular weight excluding hydrogens is 382 g/mol. The second-order valence-electron chi connectivity index (χ2n) is 6.65. The van der Waals surface area contributed by atoms with Gasteiger partial charge in [0.15, 0.2) is 11.5 Å². The first-order chi connectivity index (χ1) is 13.8. The van der Waals surface area contributed by atoms with E-state index in [2.05, 4.69) is 20.4 Å². The van der Waals surface area contributed by atoms with Crippen LogP contribution in [-0.2, 0) is 6.42 Å². The minimum absolute atomic E-state index is 0.000774. The molecule has 29 heavy (non-hydrogen) atoms. The van der Waals surface area contributed by atoms with E-state index in [1.54, 1.807) is 23.6 Å². The highest BCUT2D eigenvalue weighted by atomic mass is 19.1. The predicted molar refractivity (Wildman–Crippen MR) is 102 cm³/mol. The molecule has 2 aromatic heterocycles. The fourth-order valence-corrected chi connectivity index (χ4v) is 2.77. The van der Waals surface area contributed by atoms with Crippen molar-refractivity contribution < 1.29 is 18.7 Å². The molecule has 8 nitrogen and oxygen atoms in total. The van der Waals surface area contributed by atoms with Crippen LogP contribution in [0.25, 0.3) is 5.65 Å². The van der Waals surface area contributed by atoms with E-state index in [4.69, 9.17) is 0 Å². The summed E-state index contributed by atoms with van der Waals surface area (Å²) in [7, 11) is 0. The average molecular weight is 402 g/mol. The Bertz CT molecular complexity index is 1080. The third-order valence-electron chi connectivity index (χ3n) is 4.21. The number of nitrogens with zero attached hydrogens (tertiary/aromatic N) is 6. The molecule has 0 bridgehead atoms. The number of aromatic nitrogens is 4. The van der Waals surface area contributed by atoms with E-state index in [0.717, 1.165) is 17.1 Å². The zero-order valence-corrected chi connectivity index (χ0v) is 16.2. The number of hydrogen-bond acceptors (Lipinski definition) is 5. The summed E-state index contributed by atoms with van der Waals surface area (Å²) in [5.74, 6) is -0.827. The van der Waals surface area contributed by atoms with Gasteiger partial charge in [0.05, 0.1) is 11.4 Å². The molecule has 0 fully saturated rings. The summed E-state index contributed by atoms with van der Waals surface area (Å²) < 4.78 is 29.3. The molecule has 0 saturated heterocycles. The van der Waals surface area contributed by atoms with Crippen molar-refractivity contribution in [2.75, 3.05) is 6.54 Å². The number of hydrogen-bond donors (Lipinski definition) is 1. The van der Waals surface area contributed by atoms with Gasteiger partial charge in [0.1, 0.15) is 11.6 Å². The minimum Gasteiger partial charge on any atom is -0.464 e. The van der Waals surface area contributed by atoms with Gasteiger partial charge < -0.3 is 5.11 Å². The number of hydrazone groups is 1. The third kappa shape index (κ3) is 4.36. The number of halogens is 2. The van der Waals surface area contributed by atoms with Crippen molar-refractivity contribution >= 4 is 17.5 Å². The normalized spacial score (nSPS) is 12.0. The smallest absolute Gasteiger partial charge is 0.427 e. The summed E-state index contributed by atoms with van der Waals surface area (Å²) in [4.78, 5) is 11.4. The van der Waals surface area contributed by atoms with E-state index >= 15 is 0 Å². The molecule has 0 atom stereocenters. The first kappa shape index (κ1) is 20.3. The van der Waals surface area contributed by atoms with Crippen molar-refractivity contribution in [1.29, 1.82) is 0 Å². The minimum atomic E-state index is -1.28. The molecule has 0 saturated carbocycles. The SMILES string of the molecule is CCN(N=C(Cc1ccc2nnc(C(C)C)n2n1)c1ccc(F)cc1F)C(=O)O. The van der Waals surface area contributed by atoms with Crippen LogP contribution < -0.4 is 0 Å². The summed E-state index contributed by atoms with van der Waals surface area (Å²) in [6, 6.07) is 6.46. The zero-order valence-electron chi connectivity index (χ0n) is 16.2. The van der Waals surface area contributed by atoms with Crippen LogP contribution >= 0.6 is 0 Å². The zero-order chi connectivity index (χ0) is 21.1. The molecule has 3 aromatic rings.